The van der Waals surface area contributed by atoms with Crippen molar-refractivity contribution < 1.29 is 22.5 Å². The predicted octanol–water partition coefficient (Wildman–Crippen LogP) is 0.617. The molecule has 0 spiro atoms. The van der Waals surface area contributed by atoms with Crippen molar-refractivity contribution in [3.8, 4) is 0 Å². The van der Waals surface area contributed by atoms with Crippen LogP contribution in [0.1, 0.15) is 32.6 Å². The maximum Gasteiger partial charge on any atom is 0.305 e. The normalized spacial score (nSPS) is 10.5. The first-order chi connectivity index (χ1) is 6.45. The Labute approximate surface area is 113 Å². The van der Waals surface area contributed by atoms with Crippen molar-refractivity contribution in [2.45, 2.75) is 32.6 Å². The summed E-state index contributed by atoms with van der Waals surface area (Å²) in [6, 6.07) is 0. The van der Waals surface area contributed by atoms with E-state index < -0.39 is 10.1 Å². The molecule has 0 aromatic heterocycles. The Kier molecular flexibility index (Phi) is 11.4. The van der Waals surface area contributed by atoms with Gasteiger partial charge in [-0.25, -0.2) is 0 Å². The van der Waals surface area contributed by atoms with Crippen LogP contribution in [-0.2, 0) is 19.6 Å². The van der Waals surface area contributed by atoms with E-state index in [0.29, 0.717) is 6.42 Å². The fourth-order valence-corrected chi connectivity index (χ4v) is 1.30. The van der Waals surface area contributed by atoms with Crippen LogP contribution in [0.3, 0.4) is 0 Å². The van der Waals surface area contributed by atoms with Gasteiger partial charge in [-0.3, -0.25) is 9.35 Å². The molecule has 85 valence electrons. The topological polar surface area (TPSA) is 80.7 Å². The summed E-state index contributed by atoms with van der Waals surface area (Å²) in [7, 11) is -3.93. The van der Waals surface area contributed by atoms with Gasteiger partial charge in [-0.05, 0) is 12.8 Å². The van der Waals surface area contributed by atoms with Gasteiger partial charge in [0.2, 0.25) is 0 Å². The maximum atomic E-state index is 10.9. The van der Waals surface area contributed by atoms with Gasteiger partial charge in [0, 0.05) is 36.0 Å². The molecule has 0 saturated carbocycles. The molecule has 0 bridgehead atoms. The minimum atomic E-state index is -3.93. The number of rotatable bonds is 7. The molecule has 0 aromatic rings. The van der Waals surface area contributed by atoms with Crippen LogP contribution in [-0.4, -0.2) is 60.9 Å². The molecule has 1 radical (unpaired) electrons. The van der Waals surface area contributed by atoms with E-state index in [-0.39, 0.29) is 54.3 Å². The van der Waals surface area contributed by atoms with Crippen molar-refractivity contribution >= 4 is 45.6 Å². The van der Waals surface area contributed by atoms with Gasteiger partial charge >= 0.3 is 5.97 Å². The first-order valence-corrected chi connectivity index (χ1v) is 6.17. The van der Waals surface area contributed by atoms with Gasteiger partial charge in [-0.15, -0.1) is 0 Å². The molecule has 0 atom stereocenters. The van der Waals surface area contributed by atoms with Crippen molar-refractivity contribution in [2.24, 2.45) is 0 Å². The number of unbranched alkanes of at least 4 members (excludes halogenated alkanes) is 1. The summed E-state index contributed by atoms with van der Waals surface area (Å²) in [6.45, 7) is 2.01. The van der Waals surface area contributed by atoms with Gasteiger partial charge in [-0.1, -0.05) is 13.3 Å². The Morgan fingerprint density at radius 3 is 2.40 bits per heavy atom. The number of carbonyl (C=O) groups excluding carboxylic acids is 1. The Balaban J connectivity index is 0. The smallest absolute Gasteiger partial charge is 0.305 e. The molecule has 15 heavy (non-hydrogen) atoms. The van der Waals surface area contributed by atoms with Gasteiger partial charge in [-0.2, -0.15) is 8.42 Å². The van der Waals surface area contributed by atoms with Gasteiger partial charge in [0.25, 0.3) is 10.1 Å². The first kappa shape index (κ1) is 17.8. The van der Waals surface area contributed by atoms with Crippen molar-refractivity contribution in [3.63, 3.8) is 0 Å². The molecule has 0 aromatic carbocycles. The number of hydrogen-bond acceptors (Lipinski definition) is 4. The molecule has 1 N–H and O–H groups in total. The van der Waals surface area contributed by atoms with E-state index in [4.69, 9.17) is 9.29 Å². The van der Waals surface area contributed by atoms with E-state index in [2.05, 4.69) is 0 Å². The van der Waals surface area contributed by atoms with Crippen molar-refractivity contribution in [1.82, 2.24) is 0 Å². The second-order valence-electron chi connectivity index (χ2n) is 2.96. The Morgan fingerprint density at radius 1 is 1.33 bits per heavy atom. The predicted molar refractivity (Wildman–Crippen MR) is 57.3 cm³/mol. The molecule has 0 heterocycles. The third kappa shape index (κ3) is 14.4. The number of ether oxygens (including phenoxy) is 1. The van der Waals surface area contributed by atoms with E-state index in [1.165, 1.54) is 0 Å². The molecule has 0 unspecified atom stereocenters. The van der Waals surface area contributed by atoms with E-state index in [0.717, 1.165) is 12.8 Å². The molecule has 0 amide bonds. The number of esters is 1. The maximum absolute atomic E-state index is 10.9. The number of carbonyl (C=O) groups is 1. The third-order valence-corrected chi connectivity index (χ3v) is 2.35. The van der Waals surface area contributed by atoms with Crippen LogP contribution >= 0.6 is 0 Å². The minimum Gasteiger partial charge on any atom is -0.466 e. The summed E-state index contributed by atoms with van der Waals surface area (Å²) in [4.78, 5) is 10.9. The largest absolute Gasteiger partial charge is 0.466 e. The van der Waals surface area contributed by atoms with Crippen LogP contribution in [0.15, 0.2) is 0 Å². The van der Waals surface area contributed by atoms with Gasteiger partial charge in [0.1, 0.15) is 0 Å². The van der Waals surface area contributed by atoms with Crippen molar-refractivity contribution in [3.05, 3.63) is 0 Å². The average Bonchev–Trinajstić information content (AvgIpc) is 2.07. The standard InChI is InChI=1S/C8H16O5S.Na/c1-2-3-5-8(9)13-6-4-7-14(10,11)12;/h2-7H2,1H3,(H,10,11,12);. The third-order valence-electron chi connectivity index (χ3n) is 1.54. The minimum absolute atomic E-state index is 0. The number of hydrogen-bond donors (Lipinski definition) is 1. The van der Waals surface area contributed by atoms with Crippen molar-refractivity contribution in [1.29, 1.82) is 0 Å². The SMILES string of the molecule is CCCCC(=O)OCCCS(=O)(=O)O.[Na]. The quantitative estimate of drug-likeness (QED) is 0.308. The molecule has 5 nitrogen and oxygen atoms in total. The monoisotopic (exact) mass is 247 g/mol. The van der Waals surface area contributed by atoms with Crippen LogP contribution in [0, 0.1) is 0 Å². The molecular formula is C8H16NaO5S. The molecule has 0 rings (SSSR count). The van der Waals surface area contributed by atoms with Crippen LogP contribution in [0.4, 0.5) is 0 Å². The second-order valence-corrected chi connectivity index (χ2v) is 4.54. The summed E-state index contributed by atoms with van der Waals surface area (Å²) in [5.74, 6) is -0.684. The first-order valence-electron chi connectivity index (χ1n) is 4.56. The zero-order valence-corrected chi connectivity index (χ0v) is 12.0. The molecule has 0 aliphatic carbocycles. The molecule has 0 saturated heterocycles. The average molecular weight is 247 g/mol. The van der Waals surface area contributed by atoms with Gasteiger partial charge in [0.15, 0.2) is 0 Å². The van der Waals surface area contributed by atoms with Crippen molar-refractivity contribution in [2.75, 3.05) is 12.4 Å². The fraction of sp³-hybridized carbons (Fsp3) is 0.875. The summed E-state index contributed by atoms with van der Waals surface area (Å²) in [5, 5.41) is 0. The van der Waals surface area contributed by atoms with E-state index >= 15 is 0 Å². The molecule has 0 fully saturated rings. The molecule has 7 heteroatoms. The van der Waals surface area contributed by atoms with E-state index in [1.807, 2.05) is 6.92 Å². The fourth-order valence-electron chi connectivity index (χ4n) is 0.821. The van der Waals surface area contributed by atoms with Crippen LogP contribution in [0.25, 0.3) is 0 Å². The van der Waals surface area contributed by atoms with Crippen LogP contribution in [0.5, 0.6) is 0 Å². The summed E-state index contributed by atoms with van der Waals surface area (Å²) in [5.41, 5.74) is 0. The summed E-state index contributed by atoms with van der Waals surface area (Å²) >= 11 is 0. The zero-order valence-electron chi connectivity index (χ0n) is 9.23. The summed E-state index contributed by atoms with van der Waals surface area (Å²) < 4.78 is 33.6. The Bertz CT molecular complexity index is 262. The molecule has 0 aliphatic heterocycles. The van der Waals surface area contributed by atoms with Crippen LogP contribution in [0.2, 0.25) is 0 Å². The van der Waals surface area contributed by atoms with Gasteiger partial charge < -0.3 is 4.74 Å². The van der Waals surface area contributed by atoms with Crippen LogP contribution < -0.4 is 0 Å². The Hall–Kier alpha value is 0.380. The Morgan fingerprint density at radius 2 is 1.93 bits per heavy atom. The van der Waals surface area contributed by atoms with E-state index in [9.17, 15) is 13.2 Å². The molecular weight excluding hydrogens is 231 g/mol. The van der Waals surface area contributed by atoms with E-state index in [1.54, 1.807) is 0 Å². The summed E-state index contributed by atoms with van der Waals surface area (Å²) in [6.07, 6.45) is 2.19. The van der Waals surface area contributed by atoms with Gasteiger partial charge in [0.05, 0.1) is 12.4 Å². The molecule has 0 aliphatic rings. The zero-order chi connectivity index (χ0) is 11.0. The second kappa shape index (κ2) is 9.59.